The smallest absolute Gasteiger partial charge is 0.135 e. The van der Waals surface area contributed by atoms with Crippen LogP contribution >= 0.6 is 0 Å². The first-order chi connectivity index (χ1) is 20.1. The summed E-state index contributed by atoms with van der Waals surface area (Å²) in [6.07, 6.45) is 0. The van der Waals surface area contributed by atoms with Crippen LogP contribution in [-0.4, -0.2) is 0 Å². The Balaban J connectivity index is 1.27. The van der Waals surface area contributed by atoms with Crippen LogP contribution in [0, 0.1) is 0 Å². The van der Waals surface area contributed by atoms with Gasteiger partial charge >= 0.3 is 0 Å². The third kappa shape index (κ3) is 3.72. The lowest BCUT2D eigenvalue weighted by molar-refractivity contribution is 0.660. The molecule has 0 amide bonds. The average molecular weight is 528 g/mol. The number of rotatable bonds is 4. The highest BCUT2D eigenvalue weighted by atomic mass is 16.3. The van der Waals surface area contributed by atoms with Gasteiger partial charge in [-0.25, -0.2) is 0 Å². The van der Waals surface area contributed by atoms with Crippen molar-refractivity contribution in [2.24, 2.45) is 0 Å². The van der Waals surface area contributed by atoms with E-state index < -0.39 is 0 Å². The third-order valence-electron chi connectivity index (χ3n) is 8.65. The molecule has 0 radical (unpaired) electrons. The van der Waals surface area contributed by atoms with Gasteiger partial charge in [-0.3, -0.25) is 0 Å². The number of nitrogens with zero attached hydrogens (tertiary/aromatic N) is 1. The minimum absolute atomic E-state index is 0.00626. The summed E-state index contributed by atoms with van der Waals surface area (Å²) in [5.74, 6) is 0. The highest BCUT2D eigenvalue weighted by Gasteiger charge is 2.35. The zero-order valence-corrected chi connectivity index (χ0v) is 23.1. The van der Waals surface area contributed by atoms with Crippen molar-refractivity contribution in [3.8, 4) is 22.3 Å². The molecule has 7 aromatic rings. The van der Waals surface area contributed by atoms with Gasteiger partial charge < -0.3 is 9.32 Å². The molecule has 0 spiro atoms. The molecular formula is C39H29NO. The molecule has 0 bridgehead atoms. The van der Waals surface area contributed by atoms with Crippen LogP contribution in [0.3, 0.4) is 0 Å². The van der Waals surface area contributed by atoms with E-state index in [1.54, 1.807) is 0 Å². The van der Waals surface area contributed by atoms with Gasteiger partial charge in [0.15, 0.2) is 0 Å². The topological polar surface area (TPSA) is 16.4 Å². The zero-order valence-electron chi connectivity index (χ0n) is 23.1. The Bertz CT molecular complexity index is 2080. The lowest BCUT2D eigenvalue weighted by Gasteiger charge is -2.26. The quantitative estimate of drug-likeness (QED) is 0.226. The number of benzene rings is 6. The van der Waals surface area contributed by atoms with Crippen LogP contribution in [0.4, 0.5) is 17.1 Å². The second kappa shape index (κ2) is 8.97. The average Bonchev–Trinajstić information content (AvgIpc) is 3.50. The summed E-state index contributed by atoms with van der Waals surface area (Å²) in [6, 6.07) is 50.0. The molecule has 0 saturated carbocycles. The standard InChI is InChI=1S/C39H29NO/c1-39(2)35-17-8-6-15-31(35)33-24-27(19-21-36(33)39)26-11-10-14-29(23-26)40(28-12-4-3-5-13-28)30-20-22-38-34(25-30)32-16-7-9-18-37(32)41-38/h3-25H,1-2H3. The summed E-state index contributed by atoms with van der Waals surface area (Å²) in [6.45, 7) is 4.66. The first-order valence-electron chi connectivity index (χ1n) is 14.2. The summed E-state index contributed by atoms with van der Waals surface area (Å²) in [5, 5.41) is 2.25. The van der Waals surface area contributed by atoms with Crippen LogP contribution in [0.5, 0.6) is 0 Å². The Kier molecular flexibility index (Phi) is 5.20. The molecule has 0 aliphatic heterocycles. The van der Waals surface area contributed by atoms with Crippen molar-refractivity contribution in [3.63, 3.8) is 0 Å². The molecule has 0 fully saturated rings. The van der Waals surface area contributed by atoms with Crippen molar-refractivity contribution in [2.75, 3.05) is 4.90 Å². The molecule has 0 atom stereocenters. The molecule has 0 saturated heterocycles. The van der Waals surface area contributed by atoms with Crippen LogP contribution < -0.4 is 4.90 Å². The zero-order chi connectivity index (χ0) is 27.6. The van der Waals surface area contributed by atoms with E-state index in [-0.39, 0.29) is 5.41 Å². The maximum atomic E-state index is 6.13. The first kappa shape index (κ1) is 23.8. The van der Waals surface area contributed by atoms with E-state index in [1.807, 2.05) is 12.1 Å². The van der Waals surface area contributed by atoms with Gasteiger partial charge in [-0.1, -0.05) is 98.8 Å². The minimum atomic E-state index is 0.00626. The number of hydrogen-bond donors (Lipinski definition) is 0. The minimum Gasteiger partial charge on any atom is -0.456 e. The molecule has 1 aliphatic carbocycles. The van der Waals surface area contributed by atoms with E-state index in [0.29, 0.717) is 0 Å². The predicted octanol–water partition coefficient (Wildman–Crippen LogP) is 11.0. The molecule has 8 rings (SSSR count). The van der Waals surface area contributed by atoms with Crippen LogP contribution in [0.2, 0.25) is 0 Å². The molecule has 6 aromatic carbocycles. The van der Waals surface area contributed by atoms with E-state index in [0.717, 1.165) is 39.0 Å². The predicted molar refractivity (Wildman–Crippen MR) is 171 cm³/mol. The highest BCUT2D eigenvalue weighted by molar-refractivity contribution is 6.06. The van der Waals surface area contributed by atoms with Gasteiger partial charge in [-0.15, -0.1) is 0 Å². The van der Waals surface area contributed by atoms with Gasteiger partial charge in [-0.2, -0.15) is 0 Å². The fourth-order valence-electron chi connectivity index (χ4n) is 6.60. The molecule has 196 valence electrons. The number of fused-ring (bicyclic) bond motifs is 6. The number of anilines is 3. The summed E-state index contributed by atoms with van der Waals surface area (Å²) in [5.41, 5.74) is 13.0. The van der Waals surface area contributed by atoms with Gasteiger partial charge in [0.05, 0.1) is 0 Å². The van der Waals surface area contributed by atoms with Gasteiger partial charge in [0, 0.05) is 33.2 Å². The van der Waals surface area contributed by atoms with Crippen LogP contribution in [-0.2, 0) is 5.41 Å². The van der Waals surface area contributed by atoms with Crippen LogP contribution in [0.15, 0.2) is 144 Å². The Labute approximate surface area is 240 Å². The van der Waals surface area contributed by atoms with Gasteiger partial charge in [0.25, 0.3) is 0 Å². The Morgan fingerprint density at radius 1 is 0.463 bits per heavy atom. The fraction of sp³-hybridized carbons (Fsp3) is 0.0769. The van der Waals surface area contributed by atoms with Crippen molar-refractivity contribution < 1.29 is 4.42 Å². The molecule has 1 aliphatic rings. The normalized spacial score (nSPS) is 13.3. The monoisotopic (exact) mass is 527 g/mol. The largest absolute Gasteiger partial charge is 0.456 e. The molecule has 0 unspecified atom stereocenters. The summed E-state index contributed by atoms with van der Waals surface area (Å²) < 4.78 is 6.13. The lowest BCUT2D eigenvalue weighted by atomic mass is 9.82. The van der Waals surface area contributed by atoms with E-state index in [2.05, 4.69) is 146 Å². The maximum Gasteiger partial charge on any atom is 0.135 e. The van der Waals surface area contributed by atoms with Gasteiger partial charge in [-0.05, 0) is 88.0 Å². The second-order valence-electron chi connectivity index (χ2n) is 11.4. The Morgan fingerprint density at radius 2 is 1.15 bits per heavy atom. The van der Waals surface area contributed by atoms with Crippen molar-refractivity contribution in [2.45, 2.75) is 19.3 Å². The van der Waals surface area contributed by atoms with E-state index in [4.69, 9.17) is 4.42 Å². The molecule has 1 heterocycles. The third-order valence-corrected chi connectivity index (χ3v) is 8.65. The summed E-state index contributed by atoms with van der Waals surface area (Å²) in [7, 11) is 0. The van der Waals surface area contributed by atoms with Crippen molar-refractivity contribution in [1.29, 1.82) is 0 Å². The van der Waals surface area contributed by atoms with Crippen molar-refractivity contribution in [1.82, 2.24) is 0 Å². The summed E-state index contributed by atoms with van der Waals surface area (Å²) >= 11 is 0. The maximum absolute atomic E-state index is 6.13. The molecule has 0 N–H and O–H groups in total. The molecule has 2 heteroatoms. The Morgan fingerprint density at radius 3 is 2.05 bits per heavy atom. The van der Waals surface area contributed by atoms with Crippen molar-refractivity contribution in [3.05, 3.63) is 151 Å². The van der Waals surface area contributed by atoms with E-state index >= 15 is 0 Å². The lowest BCUT2D eigenvalue weighted by Crippen LogP contribution is -2.14. The fourth-order valence-corrected chi connectivity index (χ4v) is 6.60. The molecular weight excluding hydrogens is 498 g/mol. The van der Waals surface area contributed by atoms with E-state index in [9.17, 15) is 0 Å². The van der Waals surface area contributed by atoms with Crippen LogP contribution in [0.25, 0.3) is 44.2 Å². The van der Waals surface area contributed by atoms with E-state index in [1.165, 1.54) is 33.4 Å². The van der Waals surface area contributed by atoms with Gasteiger partial charge in [0.2, 0.25) is 0 Å². The Hall–Kier alpha value is -5.08. The SMILES string of the molecule is CC1(C)c2ccccc2-c2cc(-c3cccc(N(c4ccccc4)c4ccc5oc6ccccc6c5c4)c3)ccc21. The summed E-state index contributed by atoms with van der Waals surface area (Å²) in [4.78, 5) is 2.33. The molecule has 41 heavy (non-hydrogen) atoms. The second-order valence-corrected chi connectivity index (χ2v) is 11.4. The first-order valence-corrected chi connectivity index (χ1v) is 14.2. The number of furan rings is 1. The number of para-hydroxylation sites is 2. The number of hydrogen-bond acceptors (Lipinski definition) is 2. The van der Waals surface area contributed by atoms with Crippen molar-refractivity contribution >= 4 is 39.0 Å². The molecule has 2 nitrogen and oxygen atoms in total. The highest BCUT2D eigenvalue weighted by Crippen LogP contribution is 2.49. The molecule has 1 aromatic heterocycles. The van der Waals surface area contributed by atoms with Crippen LogP contribution in [0.1, 0.15) is 25.0 Å². The van der Waals surface area contributed by atoms with Gasteiger partial charge in [0.1, 0.15) is 11.2 Å².